The quantitative estimate of drug-likeness (QED) is 0.883. The van der Waals surface area contributed by atoms with Crippen LogP contribution in [0.1, 0.15) is 37.5 Å². The van der Waals surface area contributed by atoms with Gasteiger partial charge in [0.05, 0.1) is 5.69 Å². The highest BCUT2D eigenvalue weighted by Crippen LogP contribution is 2.37. The molecule has 1 aliphatic carbocycles. The van der Waals surface area contributed by atoms with E-state index in [1.165, 1.54) is 11.8 Å². The molecule has 0 amide bonds. The smallest absolute Gasteiger partial charge is 0.323 e. The zero-order chi connectivity index (χ0) is 13.4. The molecule has 2 aromatic rings. The molecule has 2 heterocycles. The Kier molecular flexibility index (Phi) is 3.16. The van der Waals surface area contributed by atoms with Crippen LogP contribution in [0.15, 0.2) is 33.2 Å². The first-order valence-corrected chi connectivity index (χ1v) is 7.03. The van der Waals surface area contributed by atoms with Crippen LogP contribution in [0.4, 0.5) is 0 Å². The van der Waals surface area contributed by atoms with Gasteiger partial charge in [-0.05, 0) is 43.7 Å². The maximum atomic E-state index is 11.7. The SMILES string of the molecule is CC(N)c1ccc(Sc2n[nH]c(=O)n2C2CC2)cn1. The fourth-order valence-corrected chi connectivity index (χ4v) is 2.72. The van der Waals surface area contributed by atoms with Gasteiger partial charge in [0, 0.05) is 23.2 Å². The first-order chi connectivity index (χ1) is 9.15. The molecule has 2 aromatic heterocycles. The maximum absolute atomic E-state index is 11.7. The summed E-state index contributed by atoms with van der Waals surface area (Å²) in [5.41, 5.74) is 6.48. The summed E-state index contributed by atoms with van der Waals surface area (Å²) in [7, 11) is 0. The van der Waals surface area contributed by atoms with E-state index in [0.717, 1.165) is 23.4 Å². The molecule has 0 radical (unpaired) electrons. The maximum Gasteiger partial charge on any atom is 0.344 e. The molecule has 0 spiro atoms. The van der Waals surface area contributed by atoms with Gasteiger partial charge in [0.1, 0.15) is 0 Å². The van der Waals surface area contributed by atoms with E-state index in [4.69, 9.17) is 5.73 Å². The summed E-state index contributed by atoms with van der Waals surface area (Å²) in [5.74, 6) is 0. The van der Waals surface area contributed by atoms with E-state index >= 15 is 0 Å². The molecule has 0 aromatic carbocycles. The largest absolute Gasteiger partial charge is 0.344 e. The normalized spacial score (nSPS) is 16.5. The van der Waals surface area contributed by atoms with E-state index in [2.05, 4.69) is 15.2 Å². The van der Waals surface area contributed by atoms with Crippen molar-refractivity contribution in [3.05, 3.63) is 34.5 Å². The number of rotatable bonds is 4. The molecular formula is C12H15N5OS. The van der Waals surface area contributed by atoms with Crippen molar-refractivity contribution in [1.29, 1.82) is 0 Å². The van der Waals surface area contributed by atoms with E-state index in [9.17, 15) is 4.79 Å². The van der Waals surface area contributed by atoms with Gasteiger partial charge in [-0.3, -0.25) is 9.55 Å². The van der Waals surface area contributed by atoms with E-state index < -0.39 is 0 Å². The summed E-state index contributed by atoms with van der Waals surface area (Å²) in [6.07, 6.45) is 3.86. The molecule has 100 valence electrons. The Morgan fingerprint density at radius 3 is 2.89 bits per heavy atom. The molecule has 19 heavy (non-hydrogen) atoms. The highest BCUT2D eigenvalue weighted by atomic mass is 32.2. The van der Waals surface area contributed by atoms with Crippen LogP contribution in [-0.2, 0) is 0 Å². The summed E-state index contributed by atoms with van der Waals surface area (Å²) in [5, 5.41) is 7.27. The first kappa shape index (κ1) is 12.4. The Labute approximate surface area is 114 Å². The van der Waals surface area contributed by atoms with E-state index in [1.807, 2.05) is 19.1 Å². The molecule has 3 rings (SSSR count). The van der Waals surface area contributed by atoms with Crippen LogP contribution >= 0.6 is 11.8 Å². The average molecular weight is 277 g/mol. The van der Waals surface area contributed by atoms with Crippen LogP contribution < -0.4 is 11.4 Å². The third kappa shape index (κ3) is 2.57. The van der Waals surface area contributed by atoms with Crippen molar-refractivity contribution in [2.24, 2.45) is 5.73 Å². The number of aromatic amines is 1. The Morgan fingerprint density at radius 2 is 2.32 bits per heavy atom. The van der Waals surface area contributed by atoms with Crippen molar-refractivity contribution >= 4 is 11.8 Å². The lowest BCUT2D eigenvalue weighted by Crippen LogP contribution is -2.16. The third-order valence-corrected chi connectivity index (χ3v) is 3.97. The predicted molar refractivity (Wildman–Crippen MR) is 72.1 cm³/mol. The van der Waals surface area contributed by atoms with Crippen molar-refractivity contribution in [2.75, 3.05) is 0 Å². The fourth-order valence-electron chi connectivity index (χ4n) is 1.84. The molecule has 1 atom stereocenters. The molecule has 0 saturated heterocycles. The molecule has 3 N–H and O–H groups in total. The van der Waals surface area contributed by atoms with Crippen LogP contribution in [0.3, 0.4) is 0 Å². The lowest BCUT2D eigenvalue weighted by molar-refractivity contribution is 0.642. The molecule has 1 saturated carbocycles. The van der Waals surface area contributed by atoms with Gasteiger partial charge in [-0.15, -0.1) is 5.10 Å². The van der Waals surface area contributed by atoms with Crippen LogP contribution in [0.25, 0.3) is 0 Å². The van der Waals surface area contributed by atoms with Gasteiger partial charge in [0.15, 0.2) is 5.16 Å². The number of aromatic nitrogens is 4. The zero-order valence-electron chi connectivity index (χ0n) is 10.5. The molecule has 0 aliphatic heterocycles. The Balaban J connectivity index is 1.83. The topological polar surface area (TPSA) is 89.6 Å². The minimum Gasteiger partial charge on any atom is -0.323 e. The number of hydrogen-bond acceptors (Lipinski definition) is 5. The second-order valence-electron chi connectivity index (χ2n) is 4.72. The Hall–Kier alpha value is -1.60. The Bertz CT molecular complexity index is 626. The van der Waals surface area contributed by atoms with Crippen molar-refractivity contribution in [2.45, 2.75) is 41.9 Å². The monoisotopic (exact) mass is 277 g/mol. The molecule has 6 nitrogen and oxygen atoms in total. The van der Waals surface area contributed by atoms with Crippen molar-refractivity contribution in [3.8, 4) is 0 Å². The van der Waals surface area contributed by atoms with Crippen molar-refractivity contribution in [3.63, 3.8) is 0 Å². The summed E-state index contributed by atoms with van der Waals surface area (Å²) >= 11 is 1.44. The number of hydrogen-bond donors (Lipinski definition) is 2. The van der Waals surface area contributed by atoms with Crippen LogP contribution in [-0.4, -0.2) is 19.7 Å². The van der Waals surface area contributed by atoms with Crippen LogP contribution in [0, 0.1) is 0 Å². The van der Waals surface area contributed by atoms with Gasteiger partial charge in [0.25, 0.3) is 0 Å². The zero-order valence-corrected chi connectivity index (χ0v) is 11.4. The summed E-state index contributed by atoms with van der Waals surface area (Å²) in [4.78, 5) is 16.9. The van der Waals surface area contributed by atoms with Gasteiger partial charge < -0.3 is 5.73 Å². The van der Waals surface area contributed by atoms with Gasteiger partial charge in [-0.2, -0.15) is 0 Å². The molecular weight excluding hydrogens is 262 g/mol. The fraction of sp³-hybridized carbons (Fsp3) is 0.417. The lowest BCUT2D eigenvalue weighted by Gasteiger charge is -2.06. The third-order valence-electron chi connectivity index (χ3n) is 3.02. The summed E-state index contributed by atoms with van der Waals surface area (Å²) < 4.78 is 1.73. The molecule has 1 aliphatic rings. The summed E-state index contributed by atoms with van der Waals surface area (Å²) in [6.45, 7) is 1.90. The van der Waals surface area contributed by atoms with Crippen LogP contribution in [0.5, 0.6) is 0 Å². The minimum absolute atomic E-state index is 0.0749. The number of nitrogens with two attached hydrogens (primary N) is 1. The standard InChI is InChI=1S/C12H15N5OS/c1-7(13)10-5-4-9(6-14-10)19-12-16-15-11(18)17(12)8-2-3-8/h4-8H,2-3,13H2,1H3,(H,15,18). The lowest BCUT2D eigenvalue weighted by atomic mass is 10.2. The highest BCUT2D eigenvalue weighted by molar-refractivity contribution is 7.99. The number of H-pyrrole nitrogens is 1. The number of nitrogens with one attached hydrogen (secondary N) is 1. The van der Waals surface area contributed by atoms with Gasteiger partial charge >= 0.3 is 5.69 Å². The van der Waals surface area contributed by atoms with Gasteiger partial charge in [-0.25, -0.2) is 9.89 Å². The van der Waals surface area contributed by atoms with Crippen molar-refractivity contribution < 1.29 is 0 Å². The predicted octanol–water partition coefficient (Wildman–Crippen LogP) is 1.47. The molecule has 1 unspecified atom stereocenters. The van der Waals surface area contributed by atoms with E-state index in [1.54, 1.807) is 10.8 Å². The average Bonchev–Trinajstić information content (AvgIpc) is 3.16. The van der Waals surface area contributed by atoms with E-state index in [0.29, 0.717) is 11.2 Å². The van der Waals surface area contributed by atoms with Crippen molar-refractivity contribution in [1.82, 2.24) is 19.7 Å². The van der Waals surface area contributed by atoms with E-state index in [-0.39, 0.29) is 11.7 Å². The second-order valence-corrected chi connectivity index (χ2v) is 5.76. The first-order valence-electron chi connectivity index (χ1n) is 6.21. The number of pyridine rings is 1. The van der Waals surface area contributed by atoms with Gasteiger partial charge in [-0.1, -0.05) is 0 Å². The highest BCUT2D eigenvalue weighted by Gasteiger charge is 2.28. The van der Waals surface area contributed by atoms with Gasteiger partial charge in [0.2, 0.25) is 0 Å². The second kappa shape index (κ2) is 4.82. The number of nitrogens with zero attached hydrogens (tertiary/aromatic N) is 3. The summed E-state index contributed by atoms with van der Waals surface area (Å²) in [6, 6.07) is 4.09. The molecule has 7 heteroatoms. The molecule has 0 bridgehead atoms. The van der Waals surface area contributed by atoms with Crippen LogP contribution in [0.2, 0.25) is 0 Å². The minimum atomic E-state index is -0.134. The Morgan fingerprint density at radius 1 is 1.53 bits per heavy atom. The molecule has 1 fully saturated rings.